The van der Waals surface area contributed by atoms with Crippen LogP contribution in [0.15, 0.2) is 47.6 Å². The average molecular weight is 487 g/mol. The summed E-state index contributed by atoms with van der Waals surface area (Å²) in [6.45, 7) is 4.03. The van der Waals surface area contributed by atoms with Crippen LogP contribution in [0.4, 0.5) is 10.1 Å². The zero-order chi connectivity index (χ0) is 23.4. The number of rotatable bonds is 7. The van der Waals surface area contributed by atoms with Crippen molar-refractivity contribution in [3.05, 3.63) is 58.9 Å². The van der Waals surface area contributed by atoms with E-state index in [2.05, 4.69) is 22.1 Å². The molecule has 3 aromatic rings. The Labute approximate surface area is 201 Å². The second-order valence-corrected chi connectivity index (χ2v) is 9.12. The third-order valence-electron chi connectivity index (χ3n) is 5.20. The fraction of sp³-hybridized carbons (Fsp3) is 0.333. The first-order chi connectivity index (χ1) is 16.0. The summed E-state index contributed by atoms with van der Waals surface area (Å²) in [6, 6.07) is 11.4. The van der Waals surface area contributed by atoms with Crippen molar-refractivity contribution >= 4 is 35.0 Å². The van der Waals surface area contributed by atoms with E-state index in [-0.39, 0.29) is 23.8 Å². The smallest absolute Gasteiger partial charge is 0.247 e. The van der Waals surface area contributed by atoms with Gasteiger partial charge in [0.15, 0.2) is 5.69 Å². The van der Waals surface area contributed by atoms with E-state index < -0.39 is 12.0 Å². The van der Waals surface area contributed by atoms with Crippen molar-refractivity contribution in [2.24, 2.45) is 0 Å². The van der Waals surface area contributed by atoms with Gasteiger partial charge in [-0.25, -0.2) is 4.39 Å². The predicted molar refractivity (Wildman–Crippen MR) is 128 cm³/mol. The number of thioether (sulfide) groups is 1. The molecule has 0 aliphatic carbocycles. The van der Waals surface area contributed by atoms with Crippen molar-refractivity contribution in [1.29, 1.82) is 0 Å². The van der Waals surface area contributed by atoms with Gasteiger partial charge in [0, 0.05) is 28.3 Å². The number of unbranched alkanes of at least 4 members (excludes halogenated alkanes) is 1. The minimum atomic E-state index is -1.06. The van der Waals surface area contributed by atoms with E-state index in [4.69, 9.17) is 16.3 Å². The number of halogens is 2. The van der Waals surface area contributed by atoms with E-state index in [0.717, 1.165) is 18.6 Å². The van der Waals surface area contributed by atoms with Gasteiger partial charge in [-0.1, -0.05) is 61.8 Å². The summed E-state index contributed by atoms with van der Waals surface area (Å²) in [6.07, 6.45) is 1.91. The fourth-order valence-electron chi connectivity index (χ4n) is 3.59. The molecule has 1 amide bonds. The lowest BCUT2D eigenvalue weighted by Crippen LogP contribution is -2.38. The Balaban J connectivity index is 1.90. The molecule has 1 aromatic heterocycles. The molecule has 0 unspecified atom stereocenters. The Kier molecular flexibility index (Phi) is 7.45. The molecule has 2 aromatic carbocycles. The highest BCUT2D eigenvalue weighted by atomic mass is 35.5. The van der Waals surface area contributed by atoms with Gasteiger partial charge in [-0.3, -0.25) is 9.69 Å². The van der Waals surface area contributed by atoms with Crippen molar-refractivity contribution in [2.45, 2.75) is 50.9 Å². The molecule has 0 N–H and O–H groups in total. The minimum absolute atomic E-state index is 0.188. The maximum atomic E-state index is 14.9. The molecular formula is C24H24ClFN4O2S. The zero-order valence-corrected chi connectivity index (χ0v) is 20.0. The number of anilines is 1. The first-order valence-electron chi connectivity index (χ1n) is 10.9. The number of hydrogen-bond acceptors (Lipinski definition) is 6. The van der Waals surface area contributed by atoms with Gasteiger partial charge in [-0.2, -0.15) is 4.98 Å². The van der Waals surface area contributed by atoms with Crippen LogP contribution in [-0.4, -0.2) is 26.8 Å². The molecule has 0 saturated carbocycles. The van der Waals surface area contributed by atoms with Crippen LogP contribution in [0.5, 0.6) is 5.88 Å². The molecule has 9 heteroatoms. The first-order valence-corrected chi connectivity index (χ1v) is 12.3. The van der Waals surface area contributed by atoms with Crippen molar-refractivity contribution in [3.63, 3.8) is 0 Å². The van der Waals surface area contributed by atoms with Gasteiger partial charge in [0.2, 0.25) is 23.2 Å². The topological polar surface area (TPSA) is 68.2 Å². The van der Waals surface area contributed by atoms with E-state index in [1.807, 2.05) is 6.92 Å². The second kappa shape index (κ2) is 10.5. The highest BCUT2D eigenvalue weighted by Crippen LogP contribution is 2.45. The van der Waals surface area contributed by atoms with Gasteiger partial charge < -0.3 is 4.74 Å². The normalized spacial score (nSPS) is 14.8. The number of aromatic nitrogens is 3. The van der Waals surface area contributed by atoms with Crippen LogP contribution >= 0.6 is 23.4 Å². The number of nitrogens with zero attached hydrogens (tertiary/aromatic N) is 4. The minimum Gasteiger partial charge on any atom is -0.447 e. The van der Waals surface area contributed by atoms with Crippen LogP contribution in [-0.2, 0) is 4.79 Å². The van der Waals surface area contributed by atoms with E-state index in [0.29, 0.717) is 33.5 Å². The third kappa shape index (κ3) is 4.96. The molecule has 1 aliphatic heterocycles. The monoisotopic (exact) mass is 486 g/mol. The van der Waals surface area contributed by atoms with Crippen molar-refractivity contribution in [3.8, 4) is 17.1 Å². The van der Waals surface area contributed by atoms with Crippen molar-refractivity contribution in [2.75, 3.05) is 10.7 Å². The summed E-state index contributed by atoms with van der Waals surface area (Å²) in [5, 5.41) is 9.57. The lowest BCUT2D eigenvalue weighted by Gasteiger charge is -2.31. The summed E-state index contributed by atoms with van der Waals surface area (Å²) in [5.41, 5.74) is 1.67. The highest BCUT2D eigenvalue weighted by Gasteiger charge is 2.37. The molecule has 1 atom stereocenters. The molecule has 33 heavy (non-hydrogen) atoms. The fourth-order valence-corrected chi connectivity index (χ4v) is 4.62. The quantitative estimate of drug-likeness (QED) is 0.282. The maximum Gasteiger partial charge on any atom is 0.247 e. The molecule has 1 aliphatic rings. The van der Waals surface area contributed by atoms with E-state index in [1.165, 1.54) is 22.7 Å². The summed E-state index contributed by atoms with van der Waals surface area (Å²) < 4.78 is 21.2. The number of ether oxygens (including phenoxy) is 1. The van der Waals surface area contributed by atoms with Crippen LogP contribution < -0.4 is 9.64 Å². The van der Waals surface area contributed by atoms with Crippen molar-refractivity contribution < 1.29 is 13.9 Å². The standard InChI is InChI=1S/C24H24ClFN4O2S/c1-3-5-13-33-24-27-22-21(28-29-24)17-14-15(25)11-12-19(17)30(20(31)8-4-2)23(32-22)16-9-6-7-10-18(16)26/h6-7,9-12,14,23H,3-5,8,13H2,1-2H3/t23-/m1/s1. The molecule has 0 spiro atoms. The zero-order valence-electron chi connectivity index (χ0n) is 18.4. The molecule has 0 radical (unpaired) electrons. The number of benzene rings is 2. The predicted octanol–water partition coefficient (Wildman–Crippen LogP) is 6.45. The van der Waals surface area contributed by atoms with E-state index in [1.54, 1.807) is 36.4 Å². The SMILES string of the molecule is CCCCSc1nnc2c(n1)O[C@H](c1ccccc1F)N(C(=O)CCC)c1ccc(Cl)cc1-2. The summed E-state index contributed by atoms with van der Waals surface area (Å²) >= 11 is 7.78. The van der Waals surface area contributed by atoms with E-state index in [9.17, 15) is 9.18 Å². The summed E-state index contributed by atoms with van der Waals surface area (Å²) in [5.74, 6) is 0.354. The Morgan fingerprint density at radius 1 is 1.18 bits per heavy atom. The van der Waals surface area contributed by atoms with Gasteiger partial charge in [-0.15, -0.1) is 10.2 Å². The number of hydrogen-bond donors (Lipinski definition) is 0. The molecule has 0 bridgehead atoms. The molecule has 2 heterocycles. The number of carbonyl (C=O) groups excluding carboxylic acids is 1. The van der Waals surface area contributed by atoms with Crippen LogP contribution in [0.1, 0.15) is 51.3 Å². The average Bonchev–Trinajstić information content (AvgIpc) is 2.94. The van der Waals surface area contributed by atoms with Gasteiger partial charge in [0.25, 0.3) is 0 Å². The van der Waals surface area contributed by atoms with Crippen LogP contribution in [0.2, 0.25) is 5.02 Å². The largest absolute Gasteiger partial charge is 0.447 e. The summed E-state index contributed by atoms with van der Waals surface area (Å²) in [4.78, 5) is 19.4. The number of amides is 1. The molecule has 4 rings (SSSR count). The molecule has 172 valence electrons. The maximum absolute atomic E-state index is 14.9. The van der Waals surface area contributed by atoms with Gasteiger partial charge in [0.05, 0.1) is 5.69 Å². The molecular weight excluding hydrogens is 463 g/mol. The Morgan fingerprint density at radius 2 is 2.00 bits per heavy atom. The Hall–Kier alpha value is -2.71. The lowest BCUT2D eigenvalue weighted by atomic mass is 10.1. The molecule has 0 fully saturated rings. The highest BCUT2D eigenvalue weighted by molar-refractivity contribution is 7.99. The molecule has 6 nitrogen and oxygen atoms in total. The van der Waals surface area contributed by atoms with E-state index >= 15 is 0 Å². The molecule has 0 saturated heterocycles. The Morgan fingerprint density at radius 3 is 2.76 bits per heavy atom. The first kappa shape index (κ1) is 23.4. The van der Waals surface area contributed by atoms with Gasteiger partial charge in [0.1, 0.15) is 5.82 Å². The third-order valence-corrected chi connectivity index (χ3v) is 6.36. The Bertz CT molecular complexity index is 1160. The van der Waals surface area contributed by atoms with Crippen LogP contribution in [0.25, 0.3) is 11.3 Å². The number of fused-ring (bicyclic) bond motifs is 3. The van der Waals surface area contributed by atoms with Crippen LogP contribution in [0.3, 0.4) is 0 Å². The van der Waals surface area contributed by atoms with Crippen molar-refractivity contribution in [1.82, 2.24) is 15.2 Å². The lowest BCUT2D eigenvalue weighted by molar-refractivity contribution is -0.120. The second-order valence-electron chi connectivity index (χ2n) is 7.62. The van der Waals surface area contributed by atoms with Gasteiger partial charge >= 0.3 is 0 Å². The summed E-state index contributed by atoms with van der Waals surface area (Å²) in [7, 11) is 0. The van der Waals surface area contributed by atoms with Gasteiger partial charge in [-0.05, 0) is 37.1 Å². The number of carbonyl (C=O) groups is 1. The van der Waals surface area contributed by atoms with Crippen LogP contribution in [0, 0.1) is 5.82 Å².